The highest BCUT2D eigenvalue weighted by atomic mass is 15.1. The molecule has 36 heavy (non-hydrogen) atoms. The van der Waals surface area contributed by atoms with E-state index in [1.807, 2.05) is 0 Å². The van der Waals surface area contributed by atoms with Crippen LogP contribution in [0.2, 0.25) is 0 Å². The van der Waals surface area contributed by atoms with Crippen molar-refractivity contribution in [1.29, 1.82) is 0 Å². The third kappa shape index (κ3) is 2.91. The van der Waals surface area contributed by atoms with Crippen molar-refractivity contribution in [3.63, 3.8) is 0 Å². The van der Waals surface area contributed by atoms with Gasteiger partial charge in [-0.15, -0.1) is 0 Å². The van der Waals surface area contributed by atoms with E-state index in [1.54, 1.807) is 0 Å². The SMILES string of the molecule is CN(c1ccccc1)c1ccc2c(c1)c1ccccc1n2-c1ccc2c(c1)C(C)(C)c1ccccc1-2. The molecule has 2 nitrogen and oxygen atoms in total. The lowest BCUT2D eigenvalue weighted by atomic mass is 9.82. The van der Waals surface area contributed by atoms with Crippen molar-refractivity contribution in [2.75, 3.05) is 11.9 Å². The Bertz CT molecular complexity index is 1770. The quantitative estimate of drug-likeness (QED) is 0.254. The first-order valence-electron chi connectivity index (χ1n) is 12.6. The first-order valence-corrected chi connectivity index (χ1v) is 12.6. The summed E-state index contributed by atoms with van der Waals surface area (Å²) < 4.78 is 2.43. The number of hydrogen-bond acceptors (Lipinski definition) is 1. The van der Waals surface area contributed by atoms with Crippen LogP contribution in [-0.4, -0.2) is 11.6 Å². The van der Waals surface area contributed by atoms with Crippen LogP contribution >= 0.6 is 0 Å². The van der Waals surface area contributed by atoms with E-state index < -0.39 is 0 Å². The summed E-state index contributed by atoms with van der Waals surface area (Å²) >= 11 is 0. The monoisotopic (exact) mass is 464 g/mol. The summed E-state index contributed by atoms with van der Waals surface area (Å²) in [5, 5.41) is 2.55. The average Bonchev–Trinajstić information content (AvgIpc) is 3.37. The lowest BCUT2D eigenvalue weighted by molar-refractivity contribution is 0.660. The summed E-state index contributed by atoms with van der Waals surface area (Å²) in [4.78, 5) is 2.25. The summed E-state index contributed by atoms with van der Waals surface area (Å²) in [6, 6.07) is 42.0. The van der Waals surface area contributed by atoms with E-state index >= 15 is 0 Å². The fourth-order valence-electron chi connectivity index (χ4n) is 6.08. The Kier molecular flexibility index (Phi) is 4.44. The number of anilines is 2. The van der Waals surface area contributed by atoms with Gasteiger partial charge in [0.1, 0.15) is 0 Å². The molecule has 0 radical (unpaired) electrons. The molecule has 174 valence electrons. The Balaban J connectivity index is 1.44. The van der Waals surface area contributed by atoms with Crippen LogP contribution < -0.4 is 4.90 Å². The number of fused-ring (bicyclic) bond motifs is 6. The fraction of sp³-hybridized carbons (Fsp3) is 0.118. The third-order valence-corrected chi connectivity index (χ3v) is 8.01. The Labute approximate surface area is 212 Å². The number of para-hydroxylation sites is 2. The van der Waals surface area contributed by atoms with Gasteiger partial charge in [-0.05, 0) is 70.8 Å². The predicted octanol–water partition coefficient (Wildman–Crippen LogP) is 8.86. The molecule has 0 atom stereocenters. The fourth-order valence-corrected chi connectivity index (χ4v) is 6.08. The molecular weight excluding hydrogens is 436 g/mol. The first-order chi connectivity index (χ1) is 17.5. The van der Waals surface area contributed by atoms with Crippen molar-refractivity contribution in [2.45, 2.75) is 19.3 Å². The Morgan fingerprint density at radius 1 is 0.556 bits per heavy atom. The molecule has 0 amide bonds. The molecule has 0 saturated carbocycles. The molecule has 0 bridgehead atoms. The summed E-state index contributed by atoms with van der Waals surface area (Å²) in [6.45, 7) is 4.69. The molecule has 6 aromatic rings. The van der Waals surface area contributed by atoms with Gasteiger partial charge in [-0.3, -0.25) is 0 Å². The minimum atomic E-state index is -0.0216. The highest BCUT2D eigenvalue weighted by Crippen LogP contribution is 2.49. The van der Waals surface area contributed by atoms with Crippen LogP contribution in [0.3, 0.4) is 0 Å². The molecule has 0 unspecified atom stereocenters. The minimum absolute atomic E-state index is 0.0216. The summed E-state index contributed by atoms with van der Waals surface area (Å²) in [5.41, 5.74) is 11.5. The van der Waals surface area contributed by atoms with Crippen LogP contribution in [-0.2, 0) is 5.41 Å². The number of nitrogens with zero attached hydrogens (tertiary/aromatic N) is 2. The van der Waals surface area contributed by atoms with E-state index in [0.717, 1.165) is 0 Å². The van der Waals surface area contributed by atoms with Crippen LogP contribution in [0.25, 0.3) is 38.6 Å². The zero-order valence-corrected chi connectivity index (χ0v) is 20.9. The van der Waals surface area contributed by atoms with E-state index in [9.17, 15) is 0 Å². The molecule has 2 heteroatoms. The molecule has 0 fully saturated rings. The summed E-state index contributed by atoms with van der Waals surface area (Å²) in [5.74, 6) is 0. The number of hydrogen-bond donors (Lipinski definition) is 0. The van der Waals surface area contributed by atoms with Gasteiger partial charge in [0, 0.05) is 40.3 Å². The number of rotatable bonds is 3. The van der Waals surface area contributed by atoms with Crippen molar-refractivity contribution in [3.05, 3.63) is 126 Å². The first kappa shape index (κ1) is 21.0. The van der Waals surface area contributed by atoms with E-state index in [2.05, 4.69) is 146 Å². The lowest BCUT2D eigenvalue weighted by Gasteiger charge is -2.22. The maximum absolute atomic E-state index is 2.43. The van der Waals surface area contributed by atoms with Crippen molar-refractivity contribution >= 4 is 33.2 Å². The Morgan fingerprint density at radius 3 is 2.11 bits per heavy atom. The average molecular weight is 465 g/mol. The zero-order valence-electron chi connectivity index (χ0n) is 20.9. The van der Waals surface area contributed by atoms with Crippen LogP contribution in [0.15, 0.2) is 115 Å². The number of aromatic nitrogens is 1. The van der Waals surface area contributed by atoms with Gasteiger partial charge < -0.3 is 9.47 Å². The molecule has 7 rings (SSSR count). The van der Waals surface area contributed by atoms with Gasteiger partial charge >= 0.3 is 0 Å². The highest BCUT2D eigenvalue weighted by Gasteiger charge is 2.35. The molecule has 5 aromatic carbocycles. The van der Waals surface area contributed by atoms with Crippen LogP contribution in [0, 0.1) is 0 Å². The molecule has 0 saturated heterocycles. The lowest BCUT2D eigenvalue weighted by Crippen LogP contribution is -2.15. The van der Waals surface area contributed by atoms with Gasteiger partial charge in [0.25, 0.3) is 0 Å². The standard InChI is InChI=1S/C34H28N2/c1-34(2)30-15-9-7-13-26(30)27-19-17-25(22-31(27)34)36-32-16-10-8-14-28(32)29-21-24(18-20-33(29)36)35(3)23-11-5-4-6-12-23/h4-22H,1-3H3. The van der Waals surface area contributed by atoms with E-state index in [1.165, 1.54) is 61.1 Å². The van der Waals surface area contributed by atoms with E-state index in [0.29, 0.717) is 0 Å². The second kappa shape index (κ2) is 7.60. The molecule has 0 N–H and O–H groups in total. The third-order valence-electron chi connectivity index (χ3n) is 8.01. The summed E-state index contributed by atoms with van der Waals surface area (Å²) in [7, 11) is 2.13. The van der Waals surface area contributed by atoms with Crippen LogP contribution in [0.5, 0.6) is 0 Å². The van der Waals surface area contributed by atoms with Crippen molar-refractivity contribution in [1.82, 2.24) is 4.57 Å². The summed E-state index contributed by atoms with van der Waals surface area (Å²) in [6.07, 6.45) is 0. The largest absolute Gasteiger partial charge is 0.345 e. The Morgan fingerprint density at radius 2 is 1.25 bits per heavy atom. The maximum atomic E-state index is 2.43. The molecule has 1 heterocycles. The Hall–Kier alpha value is -4.30. The van der Waals surface area contributed by atoms with Gasteiger partial charge in [0.05, 0.1) is 11.0 Å². The predicted molar refractivity (Wildman–Crippen MR) is 153 cm³/mol. The smallest absolute Gasteiger partial charge is 0.0542 e. The van der Waals surface area contributed by atoms with Crippen molar-refractivity contribution in [2.24, 2.45) is 0 Å². The molecule has 1 aliphatic rings. The highest BCUT2D eigenvalue weighted by molar-refractivity contribution is 6.10. The van der Waals surface area contributed by atoms with E-state index in [-0.39, 0.29) is 5.41 Å². The van der Waals surface area contributed by atoms with Gasteiger partial charge in [-0.1, -0.05) is 80.6 Å². The zero-order chi connectivity index (χ0) is 24.4. The minimum Gasteiger partial charge on any atom is -0.345 e. The second-order valence-corrected chi connectivity index (χ2v) is 10.3. The molecular formula is C34H28N2. The van der Waals surface area contributed by atoms with Crippen molar-refractivity contribution < 1.29 is 0 Å². The van der Waals surface area contributed by atoms with Gasteiger partial charge in [-0.2, -0.15) is 0 Å². The molecule has 0 spiro atoms. The van der Waals surface area contributed by atoms with E-state index in [4.69, 9.17) is 0 Å². The second-order valence-electron chi connectivity index (χ2n) is 10.3. The molecule has 1 aliphatic carbocycles. The molecule has 1 aromatic heterocycles. The molecule has 0 aliphatic heterocycles. The number of benzene rings is 5. The normalized spacial score (nSPS) is 13.6. The topological polar surface area (TPSA) is 8.17 Å². The van der Waals surface area contributed by atoms with Gasteiger partial charge in [0.15, 0.2) is 0 Å². The van der Waals surface area contributed by atoms with Crippen molar-refractivity contribution in [3.8, 4) is 16.8 Å². The maximum Gasteiger partial charge on any atom is 0.0542 e. The van der Waals surface area contributed by atoms with Gasteiger partial charge in [0.2, 0.25) is 0 Å². The van der Waals surface area contributed by atoms with Gasteiger partial charge in [-0.25, -0.2) is 0 Å². The van der Waals surface area contributed by atoms with Crippen LogP contribution in [0.4, 0.5) is 11.4 Å². The van der Waals surface area contributed by atoms with Crippen LogP contribution in [0.1, 0.15) is 25.0 Å².